The van der Waals surface area contributed by atoms with Crippen LogP contribution in [0.3, 0.4) is 0 Å². The molecule has 0 aliphatic carbocycles. The van der Waals surface area contributed by atoms with E-state index in [4.69, 9.17) is 17.3 Å². The van der Waals surface area contributed by atoms with Gasteiger partial charge >= 0.3 is 0 Å². The van der Waals surface area contributed by atoms with Crippen LogP contribution in [0.2, 0.25) is 5.02 Å². The van der Waals surface area contributed by atoms with Crippen molar-refractivity contribution in [1.82, 2.24) is 4.90 Å². The Balaban J connectivity index is 2.12. The van der Waals surface area contributed by atoms with Crippen LogP contribution in [0.15, 0.2) is 24.3 Å². The molecule has 0 aromatic heterocycles. The van der Waals surface area contributed by atoms with Crippen molar-refractivity contribution in [2.24, 2.45) is 5.73 Å². The van der Waals surface area contributed by atoms with Crippen LogP contribution >= 0.6 is 11.6 Å². The number of likely N-dealkylation sites (tertiary alicyclic amines) is 1. The molecule has 1 aliphatic heterocycles. The van der Waals surface area contributed by atoms with Crippen LogP contribution in [0.25, 0.3) is 0 Å². The van der Waals surface area contributed by atoms with Crippen molar-refractivity contribution in [2.45, 2.75) is 51.0 Å². The molecule has 0 spiro atoms. The van der Waals surface area contributed by atoms with E-state index in [1.807, 2.05) is 12.1 Å². The molecule has 3 heteroatoms. The summed E-state index contributed by atoms with van der Waals surface area (Å²) in [5, 5.41) is 0.780. The van der Waals surface area contributed by atoms with Crippen molar-refractivity contribution < 1.29 is 0 Å². The Labute approximate surface area is 128 Å². The summed E-state index contributed by atoms with van der Waals surface area (Å²) in [5.41, 5.74) is 7.75. The fourth-order valence-corrected chi connectivity index (χ4v) is 3.36. The summed E-state index contributed by atoms with van der Waals surface area (Å²) in [6.07, 6.45) is 7.47. The van der Waals surface area contributed by atoms with Crippen molar-refractivity contribution in [1.29, 1.82) is 0 Å². The minimum Gasteiger partial charge on any atom is -0.320 e. The first-order chi connectivity index (χ1) is 9.64. The highest BCUT2D eigenvalue weighted by Gasteiger charge is 2.29. The lowest BCUT2D eigenvalue weighted by Gasteiger charge is -2.35. The van der Waals surface area contributed by atoms with E-state index in [0.29, 0.717) is 0 Å². The van der Waals surface area contributed by atoms with Crippen molar-refractivity contribution >= 4 is 11.6 Å². The van der Waals surface area contributed by atoms with Crippen LogP contribution in [0.1, 0.15) is 51.0 Å². The zero-order valence-corrected chi connectivity index (χ0v) is 13.3. The Bertz CT molecular complexity index is 396. The number of nitrogens with two attached hydrogens (primary N) is 1. The third-order valence-corrected chi connectivity index (χ3v) is 4.57. The Hall–Kier alpha value is -0.570. The van der Waals surface area contributed by atoms with Crippen LogP contribution in [0.5, 0.6) is 0 Å². The fourth-order valence-electron chi connectivity index (χ4n) is 3.24. The van der Waals surface area contributed by atoms with E-state index in [0.717, 1.165) is 24.4 Å². The van der Waals surface area contributed by atoms with E-state index in [9.17, 15) is 0 Å². The summed E-state index contributed by atoms with van der Waals surface area (Å²) < 4.78 is 0. The molecule has 0 amide bonds. The minimum absolute atomic E-state index is 0.246. The first kappa shape index (κ1) is 15.8. The summed E-state index contributed by atoms with van der Waals surface area (Å²) in [6, 6.07) is 8.10. The lowest BCUT2D eigenvalue weighted by molar-refractivity contribution is 0.205. The lowest BCUT2D eigenvalue weighted by Crippen LogP contribution is -2.48. The van der Waals surface area contributed by atoms with Crippen LogP contribution in [-0.4, -0.2) is 24.5 Å². The molecule has 1 aromatic rings. The fraction of sp³-hybridized carbons (Fsp3) is 0.647. The molecule has 0 bridgehead atoms. The van der Waals surface area contributed by atoms with E-state index in [1.165, 1.54) is 44.3 Å². The quantitative estimate of drug-likeness (QED) is 0.883. The third-order valence-electron chi connectivity index (χ3n) is 4.32. The minimum atomic E-state index is -0.246. The molecule has 20 heavy (non-hydrogen) atoms. The van der Waals surface area contributed by atoms with Gasteiger partial charge in [-0.05, 0) is 50.0 Å². The Morgan fingerprint density at radius 1 is 1.10 bits per heavy atom. The van der Waals surface area contributed by atoms with Crippen molar-refractivity contribution in [3.63, 3.8) is 0 Å². The molecule has 0 radical (unpaired) electrons. The largest absolute Gasteiger partial charge is 0.320 e. The van der Waals surface area contributed by atoms with Gasteiger partial charge in [-0.2, -0.15) is 0 Å². The number of nitrogens with zero attached hydrogens (tertiary/aromatic N) is 1. The van der Waals surface area contributed by atoms with Gasteiger partial charge in [0.25, 0.3) is 0 Å². The summed E-state index contributed by atoms with van der Waals surface area (Å²) in [4.78, 5) is 2.55. The van der Waals surface area contributed by atoms with Gasteiger partial charge in [0.2, 0.25) is 0 Å². The van der Waals surface area contributed by atoms with Gasteiger partial charge in [-0.25, -0.2) is 0 Å². The monoisotopic (exact) mass is 294 g/mol. The summed E-state index contributed by atoms with van der Waals surface area (Å²) in [5.74, 6) is 0. The first-order valence-corrected chi connectivity index (χ1v) is 8.29. The second-order valence-corrected chi connectivity index (χ2v) is 6.54. The summed E-state index contributed by atoms with van der Waals surface area (Å²) in [6.45, 7) is 5.55. The lowest BCUT2D eigenvalue weighted by atomic mass is 9.86. The van der Waals surface area contributed by atoms with Crippen LogP contribution in [-0.2, 0) is 5.54 Å². The number of rotatable bonds is 5. The molecule has 1 saturated heterocycles. The van der Waals surface area contributed by atoms with E-state index >= 15 is 0 Å². The maximum Gasteiger partial charge on any atom is 0.0538 e. The standard InChI is InChI=1S/C17H27ClN2/c1-2-11-17(19,15-7-9-16(18)10-8-15)14-20-12-5-3-4-6-13-20/h7-10H,2-6,11-14,19H2,1H3. The second kappa shape index (κ2) is 7.44. The van der Waals surface area contributed by atoms with Gasteiger partial charge in [0.05, 0.1) is 5.54 Å². The van der Waals surface area contributed by atoms with Crippen LogP contribution in [0, 0.1) is 0 Å². The van der Waals surface area contributed by atoms with Gasteiger partial charge in [-0.15, -0.1) is 0 Å². The molecule has 1 atom stereocenters. The molecule has 1 aromatic carbocycles. The second-order valence-electron chi connectivity index (χ2n) is 6.10. The number of hydrogen-bond acceptors (Lipinski definition) is 2. The number of hydrogen-bond donors (Lipinski definition) is 1. The molecule has 112 valence electrons. The number of halogens is 1. The molecule has 1 heterocycles. The van der Waals surface area contributed by atoms with Gasteiger partial charge in [0.1, 0.15) is 0 Å². The first-order valence-electron chi connectivity index (χ1n) is 7.91. The highest BCUT2D eigenvalue weighted by Crippen LogP contribution is 2.27. The molecule has 2 N–H and O–H groups in total. The van der Waals surface area contributed by atoms with E-state index in [2.05, 4.69) is 24.0 Å². The van der Waals surface area contributed by atoms with Crippen molar-refractivity contribution in [2.75, 3.05) is 19.6 Å². The molecule has 1 unspecified atom stereocenters. The Morgan fingerprint density at radius 3 is 2.25 bits per heavy atom. The zero-order valence-electron chi connectivity index (χ0n) is 12.6. The third kappa shape index (κ3) is 4.21. The van der Waals surface area contributed by atoms with Crippen LogP contribution < -0.4 is 5.73 Å². The highest BCUT2D eigenvalue weighted by atomic mass is 35.5. The predicted octanol–water partition coefficient (Wildman–Crippen LogP) is 4.17. The van der Waals surface area contributed by atoms with E-state index < -0.39 is 0 Å². The average molecular weight is 295 g/mol. The highest BCUT2D eigenvalue weighted by molar-refractivity contribution is 6.30. The average Bonchev–Trinajstić information content (AvgIpc) is 2.68. The molecule has 1 aliphatic rings. The molecule has 2 nitrogen and oxygen atoms in total. The Morgan fingerprint density at radius 2 is 1.70 bits per heavy atom. The molecular formula is C17H27ClN2. The van der Waals surface area contributed by atoms with Gasteiger partial charge < -0.3 is 10.6 Å². The molecule has 2 rings (SSSR count). The number of benzene rings is 1. The van der Waals surface area contributed by atoms with E-state index in [1.54, 1.807) is 0 Å². The normalized spacial score (nSPS) is 20.4. The van der Waals surface area contributed by atoms with Crippen LogP contribution in [0.4, 0.5) is 0 Å². The van der Waals surface area contributed by atoms with Gasteiger partial charge in [0, 0.05) is 11.6 Å². The van der Waals surface area contributed by atoms with Crippen molar-refractivity contribution in [3.05, 3.63) is 34.9 Å². The SMILES string of the molecule is CCCC(N)(CN1CCCCCC1)c1ccc(Cl)cc1. The molecule has 0 saturated carbocycles. The molecular weight excluding hydrogens is 268 g/mol. The maximum atomic E-state index is 6.78. The van der Waals surface area contributed by atoms with Gasteiger partial charge in [0.15, 0.2) is 0 Å². The predicted molar refractivity (Wildman–Crippen MR) is 87.1 cm³/mol. The topological polar surface area (TPSA) is 29.3 Å². The molecule has 1 fully saturated rings. The summed E-state index contributed by atoms with van der Waals surface area (Å²) in [7, 11) is 0. The zero-order chi connectivity index (χ0) is 14.4. The summed E-state index contributed by atoms with van der Waals surface area (Å²) >= 11 is 6.00. The van der Waals surface area contributed by atoms with Crippen molar-refractivity contribution in [3.8, 4) is 0 Å². The van der Waals surface area contributed by atoms with E-state index in [-0.39, 0.29) is 5.54 Å². The van der Waals surface area contributed by atoms with Gasteiger partial charge in [-0.1, -0.05) is 49.9 Å². The maximum absolute atomic E-state index is 6.78. The Kier molecular flexibility index (Phi) is 5.88. The smallest absolute Gasteiger partial charge is 0.0538 e. The van der Waals surface area contributed by atoms with Gasteiger partial charge in [-0.3, -0.25) is 0 Å².